The highest BCUT2D eigenvalue weighted by molar-refractivity contribution is 5.80. The second-order valence-electron chi connectivity index (χ2n) is 3.99. The van der Waals surface area contributed by atoms with Gasteiger partial charge in [0.05, 0.1) is 18.9 Å². The Morgan fingerprint density at radius 2 is 2.11 bits per heavy atom. The molecule has 0 aliphatic heterocycles. The van der Waals surface area contributed by atoms with Gasteiger partial charge in [-0.15, -0.1) is 0 Å². The highest BCUT2D eigenvalue weighted by Crippen LogP contribution is 2.16. The zero-order chi connectivity index (χ0) is 12.8. The summed E-state index contributed by atoms with van der Waals surface area (Å²) in [6.07, 6.45) is 3.73. The van der Waals surface area contributed by atoms with Gasteiger partial charge in [-0.3, -0.25) is 4.79 Å². The van der Waals surface area contributed by atoms with Crippen LogP contribution in [0, 0.1) is 0 Å². The van der Waals surface area contributed by atoms with E-state index < -0.39 is 0 Å². The first-order chi connectivity index (χ1) is 8.79. The molecule has 2 rings (SSSR count). The molecule has 0 bridgehead atoms. The third-order valence-electron chi connectivity index (χ3n) is 2.71. The summed E-state index contributed by atoms with van der Waals surface area (Å²) >= 11 is 0. The van der Waals surface area contributed by atoms with Crippen molar-refractivity contribution in [2.75, 3.05) is 12.4 Å². The molecule has 0 unspecified atom stereocenters. The van der Waals surface area contributed by atoms with Gasteiger partial charge in [-0.1, -0.05) is 18.2 Å². The number of carbonyl (C=O) groups is 1. The molecule has 0 fully saturated rings. The van der Waals surface area contributed by atoms with Crippen molar-refractivity contribution in [3.63, 3.8) is 0 Å². The molecule has 2 N–H and O–H groups in total. The second-order valence-corrected chi connectivity index (χ2v) is 3.99. The Bertz CT molecular complexity index is 506. The molecule has 4 nitrogen and oxygen atoms in total. The first-order valence-electron chi connectivity index (χ1n) is 5.83. The van der Waals surface area contributed by atoms with Gasteiger partial charge < -0.3 is 15.1 Å². The van der Waals surface area contributed by atoms with Gasteiger partial charge in [-0.05, 0) is 17.7 Å². The van der Waals surface area contributed by atoms with Crippen molar-refractivity contribution in [2.45, 2.75) is 13.0 Å². The van der Waals surface area contributed by atoms with Crippen molar-refractivity contribution < 1.29 is 9.21 Å². The first kappa shape index (κ1) is 12.2. The van der Waals surface area contributed by atoms with E-state index in [-0.39, 0.29) is 5.91 Å². The van der Waals surface area contributed by atoms with Crippen LogP contribution in [-0.2, 0) is 17.8 Å². The van der Waals surface area contributed by atoms with Crippen molar-refractivity contribution in [3.8, 4) is 0 Å². The van der Waals surface area contributed by atoms with Crippen LogP contribution >= 0.6 is 0 Å². The fourth-order valence-corrected chi connectivity index (χ4v) is 1.70. The zero-order valence-electron chi connectivity index (χ0n) is 10.3. The van der Waals surface area contributed by atoms with Gasteiger partial charge in [0.25, 0.3) is 0 Å². The number of likely N-dealkylation sites (N-methyl/N-ethyl adjacent to an activating group) is 1. The van der Waals surface area contributed by atoms with Crippen LogP contribution in [0.15, 0.2) is 47.3 Å². The maximum Gasteiger partial charge on any atom is 0.224 e. The van der Waals surface area contributed by atoms with Crippen molar-refractivity contribution >= 4 is 11.6 Å². The highest BCUT2D eigenvalue weighted by Gasteiger charge is 2.06. The number of nitrogens with one attached hydrogen (secondary N) is 2. The summed E-state index contributed by atoms with van der Waals surface area (Å²) in [5.41, 5.74) is 3.03. The minimum absolute atomic E-state index is 0.00700. The lowest BCUT2D eigenvalue weighted by Gasteiger charge is -2.10. The molecule has 0 saturated carbocycles. The number of amides is 1. The Hall–Kier alpha value is -2.23. The SMILES string of the molecule is CNC(=O)Cc1ccccc1NCc1ccoc1. The van der Waals surface area contributed by atoms with E-state index in [4.69, 9.17) is 4.42 Å². The number of hydrogen-bond acceptors (Lipinski definition) is 3. The van der Waals surface area contributed by atoms with Crippen molar-refractivity contribution in [2.24, 2.45) is 0 Å². The Morgan fingerprint density at radius 3 is 2.83 bits per heavy atom. The summed E-state index contributed by atoms with van der Waals surface area (Å²) in [5, 5.41) is 5.93. The summed E-state index contributed by atoms with van der Waals surface area (Å²) in [4.78, 5) is 11.4. The van der Waals surface area contributed by atoms with Crippen molar-refractivity contribution in [1.29, 1.82) is 0 Å². The molecule has 2 aromatic rings. The number of rotatable bonds is 5. The molecule has 0 aliphatic carbocycles. The molecule has 1 heterocycles. The number of benzene rings is 1. The Morgan fingerprint density at radius 1 is 1.28 bits per heavy atom. The van der Waals surface area contributed by atoms with Crippen LogP contribution in [-0.4, -0.2) is 13.0 Å². The molecule has 0 radical (unpaired) electrons. The number of furan rings is 1. The summed E-state index contributed by atoms with van der Waals surface area (Å²) in [6.45, 7) is 0.682. The van der Waals surface area contributed by atoms with Crippen LogP contribution in [0.1, 0.15) is 11.1 Å². The van der Waals surface area contributed by atoms with Crippen LogP contribution < -0.4 is 10.6 Å². The predicted octanol–water partition coefficient (Wildman–Crippen LogP) is 2.18. The van der Waals surface area contributed by atoms with Gasteiger partial charge in [0.1, 0.15) is 0 Å². The third-order valence-corrected chi connectivity index (χ3v) is 2.71. The smallest absolute Gasteiger partial charge is 0.224 e. The standard InChI is InChI=1S/C14H16N2O2/c1-15-14(17)8-12-4-2-3-5-13(12)16-9-11-6-7-18-10-11/h2-7,10,16H,8-9H2,1H3,(H,15,17). The second kappa shape index (κ2) is 5.91. The normalized spacial score (nSPS) is 10.1. The van der Waals surface area contributed by atoms with E-state index in [9.17, 15) is 4.79 Å². The van der Waals surface area contributed by atoms with Gasteiger partial charge in [-0.25, -0.2) is 0 Å². The van der Waals surface area contributed by atoms with Crippen LogP contribution in [0.25, 0.3) is 0 Å². The fraction of sp³-hybridized carbons (Fsp3) is 0.214. The summed E-state index contributed by atoms with van der Waals surface area (Å²) < 4.78 is 5.01. The number of anilines is 1. The lowest BCUT2D eigenvalue weighted by molar-refractivity contribution is -0.119. The van der Waals surface area contributed by atoms with Crippen molar-refractivity contribution in [1.82, 2.24) is 5.32 Å². The molecule has 1 amide bonds. The van der Waals surface area contributed by atoms with Crippen molar-refractivity contribution in [3.05, 3.63) is 54.0 Å². The van der Waals surface area contributed by atoms with Crippen LogP contribution in [0.5, 0.6) is 0 Å². The van der Waals surface area contributed by atoms with E-state index in [0.29, 0.717) is 13.0 Å². The van der Waals surface area contributed by atoms with Crippen LogP contribution in [0.2, 0.25) is 0 Å². The quantitative estimate of drug-likeness (QED) is 0.847. The minimum atomic E-state index is 0.00700. The molecule has 0 saturated heterocycles. The molecule has 1 aromatic heterocycles. The Kier molecular flexibility index (Phi) is 4.02. The molecule has 0 aliphatic rings. The maximum atomic E-state index is 11.4. The molecule has 1 aromatic carbocycles. The fourth-order valence-electron chi connectivity index (χ4n) is 1.70. The maximum absolute atomic E-state index is 11.4. The minimum Gasteiger partial charge on any atom is -0.472 e. The number of hydrogen-bond donors (Lipinski definition) is 2. The molecule has 0 spiro atoms. The molecular formula is C14H16N2O2. The summed E-state index contributed by atoms with van der Waals surface area (Å²) in [5.74, 6) is 0.00700. The average molecular weight is 244 g/mol. The van der Waals surface area contributed by atoms with E-state index in [2.05, 4.69) is 10.6 Å². The molecule has 94 valence electrons. The van der Waals surface area contributed by atoms with E-state index in [1.165, 1.54) is 0 Å². The van der Waals surface area contributed by atoms with Gasteiger partial charge in [-0.2, -0.15) is 0 Å². The third kappa shape index (κ3) is 3.13. The van der Waals surface area contributed by atoms with Gasteiger partial charge >= 0.3 is 0 Å². The molecule has 4 heteroatoms. The largest absolute Gasteiger partial charge is 0.472 e. The van der Waals surface area contributed by atoms with Gasteiger partial charge in [0.15, 0.2) is 0 Å². The Balaban J connectivity index is 2.05. The average Bonchev–Trinajstić information content (AvgIpc) is 2.91. The Labute approximate surface area is 106 Å². The number of carbonyl (C=O) groups excluding carboxylic acids is 1. The highest BCUT2D eigenvalue weighted by atomic mass is 16.3. The lowest BCUT2D eigenvalue weighted by atomic mass is 10.1. The summed E-state index contributed by atoms with van der Waals surface area (Å²) in [6, 6.07) is 9.71. The van der Waals surface area contributed by atoms with E-state index in [1.807, 2.05) is 30.3 Å². The predicted molar refractivity (Wildman–Crippen MR) is 70.2 cm³/mol. The van der Waals surface area contributed by atoms with Gasteiger partial charge in [0, 0.05) is 24.8 Å². The zero-order valence-corrected chi connectivity index (χ0v) is 10.3. The molecular weight excluding hydrogens is 228 g/mol. The van der Waals surface area contributed by atoms with E-state index >= 15 is 0 Å². The number of para-hydroxylation sites is 1. The van der Waals surface area contributed by atoms with E-state index in [1.54, 1.807) is 19.6 Å². The first-order valence-corrected chi connectivity index (χ1v) is 5.83. The van der Waals surface area contributed by atoms with Gasteiger partial charge in [0.2, 0.25) is 5.91 Å². The van der Waals surface area contributed by atoms with E-state index in [0.717, 1.165) is 16.8 Å². The molecule has 18 heavy (non-hydrogen) atoms. The summed E-state index contributed by atoms with van der Waals surface area (Å²) in [7, 11) is 1.64. The topological polar surface area (TPSA) is 54.3 Å². The lowest BCUT2D eigenvalue weighted by Crippen LogP contribution is -2.20. The van der Waals surface area contributed by atoms with Crippen LogP contribution in [0.3, 0.4) is 0 Å². The van der Waals surface area contributed by atoms with Crippen LogP contribution in [0.4, 0.5) is 5.69 Å². The monoisotopic (exact) mass is 244 g/mol. The molecule has 0 atom stereocenters.